The molecule has 0 atom stereocenters. The molecule has 0 radical (unpaired) electrons. The molecule has 0 amide bonds. The van der Waals surface area contributed by atoms with E-state index >= 15 is 0 Å². The summed E-state index contributed by atoms with van der Waals surface area (Å²) < 4.78 is 11.7. The number of carboxylic acids is 1. The second-order valence-electron chi connectivity index (χ2n) is 3.81. The van der Waals surface area contributed by atoms with E-state index < -0.39 is 5.97 Å². The van der Waals surface area contributed by atoms with Gasteiger partial charge in [-0.05, 0) is 6.92 Å². The van der Waals surface area contributed by atoms with Gasteiger partial charge in [-0.15, -0.1) is 5.10 Å². The van der Waals surface area contributed by atoms with Crippen LogP contribution in [0.15, 0.2) is 18.2 Å². The van der Waals surface area contributed by atoms with Gasteiger partial charge in [0.05, 0.1) is 25.6 Å². The first-order valence-electron chi connectivity index (χ1n) is 6.46. The Morgan fingerprint density at radius 3 is 2.05 bits per heavy atom. The lowest BCUT2D eigenvalue weighted by molar-refractivity contribution is 0.0689. The van der Waals surface area contributed by atoms with Gasteiger partial charge in [0.2, 0.25) is 0 Å². The SMILES string of the molecule is CC.COc1cc(OC)cc(-n2nnc(C(=O)O)c2C)c1. The average Bonchev–Trinajstić information content (AvgIpc) is 2.90. The molecule has 0 unspecified atom stereocenters. The number of ether oxygens (including phenoxy) is 2. The van der Waals surface area contributed by atoms with Crippen LogP contribution < -0.4 is 9.47 Å². The van der Waals surface area contributed by atoms with Crippen LogP contribution in [0.2, 0.25) is 0 Å². The molecular weight excluding hydrogens is 274 g/mol. The zero-order valence-corrected chi connectivity index (χ0v) is 12.7. The highest BCUT2D eigenvalue weighted by Crippen LogP contribution is 2.25. The third-order valence-electron chi connectivity index (χ3n) is 2.68. The molecule has 1 heterocycles. The number of nitrogens with zero attached hydrogens (tertiary/aromatic N) is 3. The number of benzene rings is 1. The van der Waals surface area contributed by atoms with Crippen LogP contribution in [0.25, 0.3) is 5.69 Å². The topological polar surface area (TPSA) is 86.5 Å². The fourth-order valence-electron chi connectivity index (χ4n) is 1.69. The van der Waals surface area contributed by atoms with Gasteiger partial charge in [0.25, 0.3) is 0 Å². The fraction of sp³-hybridized carbons (Fsp3) is 0.357. The molecule has 114 valence electrons. The van der Waals surface area contributed by atoms with Crippen molar-refractivity contribution >= 4 is 5.97 Å². The number of carbonyl (C=O) groups is 1. The minimum Gasteiger partial charge on any atom is -0.497 e. The van der Waals surface area contributed by atoms with E-state index in [1.165, 1.54) is 18.9 Å². The lowest BCUT2D eigenvalue weighted by atomic mass is 10.2. The molecule has 7 heteroatoms. The third-order valence-corrected chi connectivity index (χ3v) is 2.68. The Morgan fingerprint density at radius 2 is 1.67 bits per heavy atom. The van der Waals surface area contributed by atoms with Crippen molar-refractivity contribution in [3.8, 4) is 17.2 Å². The molecule has 2 aromatic rings. The van der Waals surface area contributed by atoms with E-state index in [2.05, 4.69) is 10.3 Å². The van der Waals surface area contributed by atoms with E-state index in [0.717, 1.165) is 0 Å². The lowest BCUT2D eigenvalue weighted by Gasteiger charge is -2.09. The Labute approximate surface area is 123 Å². The van der Waals surface area contributed by atoms with Crippen molar-refractivity contribution in [3.05, 3.63) is 29.6 Å². The quantitative estimate of drug-likeness (QED) is 0.931. The first-order valence-corrected chi connectivity index (χ1v) is 6.46. The fourth-order valence-corrected chi connectivity index (χ4v) is 1.69. The molecule has 0 spiro atoms. The van der Waals surface area contributed by atoms with Crippen molar-refractivity contribution in [3.63, 3.8) is 0 Å². The second kappa shape index (κ2) is 7.28. The highest BCUT2D eigenvalue weighted by molar-refractivity contribution is 5.86. The summed E-state index contributed by atoms with van der Waals surface area (Å²) in [4.78, 5) is 10.9. The highest BCUT2D eigenvalue weighted by atomic mass is 16.5. The van der Waals surface area contributed by atoms with Crippen LogP contribution in [0.1, 0.15) is 30.0 Å². The summed E-state index contributed by atoms with van der Waals surface area (Å²) in [5.41, 5.74) is 0.971. The maximum atomic E-state index is 10.9. The van der Waals surface area contributed by atoms with Crippen molar-refractivity contribution in [2.24, 2.45) is 0 Å². The lowest BCUT2D eigenvalue weighted by Crippen LogP contribution is -2.03. The zero-order valence-electron chi connectivity index (χ0n) is 12.7. The monoisotopic (exact) mass is 293 g/mol. The summed E-state index contributed by atoms with van der Waals surface area (Å²) >= 11 is 0. The van der Waals surface area contributed by atoms with Crippen molar-refractivity contribution < 1.29 is 19.4 Å². The maximum absolute atomic E-state index is 10.9. The molecule has 21 heavy (non-hydrogen) atoms. The van der Waals surface area contributed by atoms with Crippen LogP contribution in [-0.4, -0.2) is 40.3 Å². The maximum Gasteiger partial charge on any atom is 0.358 e. The molecule has 0 fully saturated rings. The molecule has 1 aromatic heterocycles. The number of aromatic nitrogens is 3. The number of hydrogen-bond donors (Lipinski definition) is 1. The van der Waals surface area contributed by atoms with E-state index in [4.69, 9.17) is 14.6 Å². The number of rotatable bonds is 4. The van der Waals surface area contributed by atoms with Crippen molar-refractivity contribution in [2.45, 2.75) is 20.8 Å². The third kappa shape index (κ3) is 3.50. The van der Waals surface area contributed by atoms with Crippen LogP contribution in [0.5, 0.6) is 11.5 Å². The zero-order chi connectivity index (χ0) is 16.0. The molecule has 0 aliphatic carbocycles. The van der Waals surface area contributed by atoms with Crippen LogP contribution in [0.4, 0.5) is 0 Å². The van der Waals surface area contributed by atoms with Crippen LogP contribution in [-0.2, 0) is 0 Å². The number of hydrogen-bond acceptors (Lipinski definition) is 5. The number of aromatic carboxylic acids is 1. The van der Waals surface area contributed by atoms with E-state index in [1.54, 1.807) is 25.1 Å². The van der Waals surface area contributed by atoms with Gasteiger partial charge in [-0.25, -0.2) is 9.48 Å². The Hall–Kier alpha value is -2.57. The van der Waals surface area contributed by atoms with Crippen LogP contribution >= 0.6 is 0 Å². The molecule has 0 aliphatic rings. The summed E-state index contributed by atoms with van der Waals surface area (Å²) in [7, 11) is 3.07. The summed E-state index contributed by atoms with van der Waals surface area (Å²) in [6, 6.07) is 5.15. The van der Waals surface area contributed by atoms with Gasteiger partial charge in [0, 0.05) is 18.2 Å². The van der Waals surface area contributed by atoms with Gasteiger partial charge in [-0.3, -0.25) is 0 Å². The average molecular weight is 293 g/mol. The van der Waals surface area contributed by atoms with Crippen molar-refractivity contribution in [1.82, 2.24) is 15.0 Å². The first-order chi connectivity index (χ1) is 10.1. The molecule has 7 nitrogen and oxygen atoms in total. The Kier molecular flexibility index (Phi) is 5.71. The normalized spacial score (nSPS) is 9.57. The standard InChI is InChI=1S/C12H13N3O4.C2H6/c1-7-11(12(16)17)13-14-15(7)8-4-9(18-2)6-10(5-8)19-3;1-2/h4-6H,1-3H3,(H,16,17);1-2H3. The first kappa shape index (κ1) is 16.5. The second-order valence-corrected chi connectivity index (χ2v) is 3.81. The van der Waals surface area contributed by atoms with Gasteiger partial charge >= 0.3 is 5.97 Å². The molecule has 0 aliphatic heterocycles. The summed E-state index contributed by atoms with van der Waals surface area (Å²) in [6.07, 6.45) is 0. The Bertz CT molecular complexity index is 600. The smallest absolute Gasteiger partial charge is 0.358 e. The van der Waals surface area contributed by atoms with Gasteiger partial charge in [-0.2, -0.15) is 0 Å². The van der Waals surface area contributed by atoms with Gasteiger partial charge in [0.1, 0.15) is 11.5 Å². The van der Waals surface area contributed by atoms with Crippen LogP contribution in [0, 0.1) is 6.92 Å². The van der Waals surface area contributed by atoms with Crippen molar-refractivity contribution in [1.29, 1.82) is 0 Å². The number of carboxylic acid groups (broad SMARTS) is 1. The van der Waals surface area contributed by atoms with Gasteiger partial charge < -0.3 is 14.6 Å². The minimum absolute atomic E-state index is 0.0817. The molecule has 0 saturated heterocycles. The predicted octanol–water partition coefficient (Wildman–Crippen LogP) is 2.32. The highest BCUT2D eigenvalue weighted by Gasteiger charge is 2.16. The molecule has 0 saturated carbocycles. The summed E-state index contributed by atoms with van der Waals surface area (Å²) in [5, 5.41) is 16.4. The largest absolute Gasteiger partial charge is 0.497 e. The number of methoxy groups -OCH3 is 2. The summed E-state index contributed by atoms with van der Waals surface area (Å²) in [5.74, 6) is 0.0564. The minimum atomic E-state index is -1.11. The molecule has 2 rings (SSSR count). The van der Waals surface area contributed by atoms with E-state index in [0.29, 0.717) is 22.9 Å². The Morgan fingerprint density at radius 1 is 1.14 bits per heavy atom. The summed E-state index contributed by atoms with van der Waals surface area (Å²) in [6.45, 7) is 5.63. The van der Waals surface area contributed by atoms with Gasteiger partial charge in [-0.1, -0.05) is 19.1 Å². The van der Waals surface area contributed by atoms with Crippen molar-refractivity contribution in [2.75, 3.05) is 14.2 Å². The Balaban J connectivity index is 0.00000106. The molecule has 1 aromatic carbocycles. The molecular formula is C14H19N3O4. The van der Waals surface area contributed by atoms with Crippen LogP contribution in [0.3, 0.4) is 0 Å². The van der Waals surface area contributed by atoms with Gasteiger partial charge in [0.15, 0.2) is 5.69 Å². The van der Waals surface area contributed by atoms with E-state index in [-0.39, 0.29) is 5.69 Å². The predicted molar refractivity (Wildman–Crippen MR) is 77.5 cm³/mol. The molecule has 1 N–H and O–H groups in total. The molecule has 0 bridgehead atoms. The van der Waals surface area contributed by atoms with E-state index in [1.807, 2.05) is 13.8 Å². The van der Waals surface area contributed by atoms with E-state index in [9.17, 15) is 4.79 Å².